The third-order valence-electron chi connectivity index (χ3n) is 2.28. The topological polar surface area (TPSA) is 111 Å². The van der Waals surface area contributed by atoms with E-state index in [2.05, 4.69) is 10.1 Å². The highest BCUT2D eigenvalue weighted by atomic mass is 16.5. The molecule has 104 valence electrons. The molecule has 0 bridgehead atoms. The number of carbonyl (C=O) groups excluding carboxylic acids is 3. The molecule has 4 N–H and O–H groups in total. The first-order chi connectivity index (χ1) is 8.27. The normalized spacial score (nSPS) is 13.8. The van der Waals surface area contributed by atoms with Gasteiger partial charge >= 0.3 is 12.0 Å². The molecule has 3 amide bonds. The number of rotatable bonds is 6. The fourth-order valence-corrected chi connectivity index (χ4v) is 1.45. The number of primary amides is 1. The maximum atomic E-state index is 11.5. The first kappa shape index (κ1) is 16.4. The molecular weight excluding hydrogens is 238 g/mol. The number of hydrogen-bond acceptors (Lipinski definition) is 5. The Morgan fingerprint density at radius 3 is 2.17 bits per heavy atom. The van der Waals surface area contributed by atoms with E-state index in [1.54, 1.807) is 0 Å². The largest absolute Gasteiger partial charge is 0.468 e. The van der Waals surface area contributed by atoms with Crippen LogP contribution in [0.1, 0.15) is 27.2 Å². The summed E-state index contributed by atoms with van der Waals surface area (Å²) in [5.41, 5.74) is 4.84. The Morgan fingerprint density at radius 1 is 1.22 bits per heavy atom. The summed E-state index contributed by atoms with van der Waals surface area (Å²) in [4.78, 5) is 33.5. The Hall–Kier alpha value is -1.63. The first-order valence-corrected chi connectivity index (χ1v) is 5.72. The van der Waals surface area contributed by atoms with E-state index in [0.717, 1.165) is 0 Å². The number of ether oxygens (including phenoxy) is 1. The lowest BCUT2D eigenvalue weighted by Crippen LogP contribution is -2.52. The van der Waals surface area contributed by atoms with E-state index in [-0.39, 0.29) is 5.92 Å². The van der Waals surface area contributed by atoms with Gasteiger partial charge in [-0.05, 0) is 19.3 Å². The minimum atomic E-state index is -0.924. The number of hydrogen-bond donors (Lipinski definition) is 3. The van der Waals surface area contributed by atoms with Gasteiger partial charge in [0, 0.05) is 0 Å². The number of esters is 1. The van der Waals surface area contributed by atoms with Crippen LogP contribution in [-0.2, 0) is 14.3 Å². The second kappa shape index (κ2) is 7.65. The van der Waals surface area contributed by atoms with Gasteiger partial charge in [-0.15, -0.1) is 0 Å². The Labute approximate surface area is 106 Å². The van der Waals surface area contributed by atoms with Crippen molar-refractivity contribution in [3.63, 3.8) is 0 Å². The molecule has 2 unspecified atom stereocenters. The summed E-state index contributed by atoms with van der Waals surface area (Å²) in [6.45, 7) is 5.44. The molecule has 0 aliphatic carbocycles. The molecule has 0 saturated carbocycles. The number of methoxy groups -OCH3 is 1. The molecule has 2 atom stereocenters. The van der Waals surface area contributed by atoms with Gasteiger partial charge in [-0.2, -0.15) is 0 Å². The van der Waals surface area contributed by atoms with Gasteiger partial charge in [-0.3, -0.25) is 20.2 Å². The van der Waals surface area contributed by atoms with Crippen molar-refractivity contribution in [1.29, 1.82) is 0 Å². The van der Waals surface area contributed by atoms with Gasteiger partial charge in [-0.25, -0.2) is 4.79 Å². The number of carbonyl (C=O) groups is 3. The lowest BCUT2D eigenvalue weighted by molar-refractivity contribution is -0.144. The predicted molar refractivity (Wildman–Crippen MR) is 65.6 cm³/mol. The SMILES string of the molecule is COC(=O)C(CC(C)C)NC(C)C(=O)NC(N)=O. The van der Waals surface area contributed by atoms with Crippen molar-refractivity contribution in [1.82, 2.24) is 10.6 Å². The second-order valence-corrected chi connectivity index (χ2v) is 4.45. The number of imide groups is 1. The molecule has 0 aromatic carbocycles. The molecule has 0 rings (SSSR count). The van der Waals surface area contributed by atoms with E-state index in [1.165, 1.54) is 14.0 Å². The summed E-state index contributed by atoms with van der Waals surface area (Å²) in [5, 5.41) is 4.75. The van der Waals surface area contributed by atoms with Gasteiger partial charge in [-0.1, -0.05) is 13.8 Å². The Bertz CT molecular complexity index is 317. The Morgan fingerprint density at radius 2 is 1.78 bits per heavy atom. The van der Waals surface area contributed by atoms with Crippen LogP contribution in [0.2, 0.25) is 0 Å². The summed E-state index contributed by atoms with van der Waals surface area (Å²) >= 11 is 0. The van der Waals surface area contributed by atoms with Crippen LogP contribution in [0.15, 0.2) is 0 Å². The molecule has 0 fully saturated rings. The van der Waals surface area contributed by atoms with Crippen molar-refractivity contribution < 1.29 is 19.1 Å². The number of nitrogens with two attached hydrogens (primary N) is 1. The van der Waals surface area contributed by atoms with Gasteiger partial charge in [0.2, 0.25) is 5.91 Å². The van der Waals surface area contributed by atoms with Crippen LogP contribution < -0.4 is 16.4 Å². The molecule has 0 radical (unpaired) electrons. The molecule has 0 heterocycles. The minimum Gasteiger partial charge on any atom is -0.468 e. The van der Waals surface area contributed by atoms with Gasteiger partial charge in [0.15, 0.2) is 0 Å². The first-order valence-electron chi connectivity index (χ1n) is 5.72. The monoisotopic (exact) mass is 259 g/mol. The third kappa shape index (κ3) is 6.19. The van der Waals surface area contributed by atoms with Gasteiger partial charge < -0.3 is 10.5 Å². The van der Waals surface area contributed by atoms with Crippen LogP contribution in [0.5, 0.6) is 0 Å². The van der Waals surface area contributed by atoms with Crippen LogP contribution in [0.3, 0.4) is 0 Å². The summed E-state index contributed by atoms with van der Waals surface area (Å²) in [6.07, 6.45) is 0.529. The number of amides is 3. The molecule has 7 nitrogen and oxygen atoms in total. The smallest absolute Gasteiger partial charge is 0.322 e. The van der Waals surface area contributed by atoms with Crippen molar-refractivity contribution in [2.24, 2.45) is 11.7 Å². The van der Waals surface area contributed by atoms with E-state index >= 15 is 0 Å². The molecule has 0 aliphatic rings. The zero-order chi connectivity index (χ0) is 14.3. The lowest BCUT2D eigenvalue weighted by atomic mass is 10.0. The molecular formula is C11H21N3O4. The highest BCUT2D eigenvalue weighted by Crippen LogP contribution is 2.07. The molecule has 0 aromatic heterocycles. The minimum absolute atomic E-state index is 0.257. The maximum absolute atomic E-state index is 11.5. The quantitative estimate of drug-likeness (QED) is 0.569. The summed E-state index contributed by atoms with van der Waals surface area (Å²) < 4.78 is 4.65. The lowest BCUT2D eigenvalue weighted by Gasteiger charge is -2.21. The van der Waals surface area contributed by atoms with Crippen LogP contribution in [0.25, 0.3) is 0 Å². The van der Waals surface area contributed by atoms with Crippen molar-refractivity contribution in [2.75, 3.05) is 7.11 Å². The van der Waals surface area contributed by atoms with Crippen molar-refractivity contribution in [3.05, 3.63) is 0 Å². The predicted octanol–water partition coefficient (Wildman–Crippen LogP) is -0.253. The Kier molecular flexibility index (Phi) is 6.96. The van der Waals surface area contributed by atoms with Gasteiger partial charge in [0.1, 0.15) is 6.04 Å². The third-order valence-corrected chi connectivity index (χ3v) is 2.28. The fourth-order valence-electron chi connectivity index (χ4n) is 1.45. The van der Waals surface area contributed by atoms with E-state index in [1.807, 2.05) is 19.2 Å². The van der Waals surface area contributed by atoms with Gasteiger partial charge in [0.05, 0.1) is 13.2 Å². The Balaban J connectivity index is 4.51. The highest BCUT2D eigenvalue weighted by Gasteiger charge is 2.25. The molecule has 7 heteroatoms. The van der Waals surface area contributed by atoms with Crippen molar-refractivity contribution in [3.8, 4) is 0 Å². The maximum Gasteiger partial charge on any atom is 0.322 e. The van der Waals surface area contributed by atoms with Crippen molar-refractivity contribution in [2.45, 2.75) is 39.3 Å². The molecule has 0 saturated heterocycles. The average molecular weight is 259 g/mol. The second-order valence-electron chi connectivity index (χ2n) is 4.45. The van der Waals surface area contributed by atoms with Crippen LogP contribution >= 0.6 is 0 Å². The van der Waals surface area contributed by atoms with E-state index in [0.29, 0.717) is 6.42 Å². The molecule has 18 heavy (non-hydrogen) atoms. The molecule has 0 spiro atoms. The van der Waals surface area contributed by atoms with Gasteiger partial charge in [0.25, 0.3) is 0 Å². The molecule has 0 aliphatic heterocycles. The highest BCUT2D eigenvalue weighted by molar-refractivity contribution is 5.96. The van der Waals surface area contributed by atoms with Crippen LogP contribution in [0, 0.1) is 5.92 Å². The zero-order valence-electron chi connectivity index (χ0n) is 11.1. The molecule has 0 aromatic rings. The van der Waals surface area contributed by atoms with Crippen LogP contribution in [0.4, 0.5) is 4.79 Å². The summed E-state index contributed by atoms with van der Waals surface area (Å²) in [6, 6.07) is -2.24. The van der Waals surface area contributed by atoms with Crippen LogP contribution in [-0.4, -0.2) is 37.1 Å². The standard InChI is InChI=1S/C11H21N3O4/c1-6(2)5-8(10(16)18-4)13-7(3)9(15)14-11(12)17/h6-8,13H,5H2,1-4H3,(H3,12,14,15,17). The van der Waals surface area contributed by atoms with Crippen molar-refractivity contribution >= 4 is 17.9 Å². The fraction of sp³-hybridized carbons (Fsp3) is 0.727. The number of nitrogens with one attached hydrogen (secondary N) is 2. The van der Waals surface area contributed by atoms with E-state index in [4.69, 9.17) is 5.73 Å². The zero-order valence-corrected chi connectivity index (χ0v) is 11.1. The van der Waals surface area contributed by atoms with E-state index in [9.17, 15) is 14.4 Å². The summed E-state index contributed by atoms with van der Waals surface area (Å²) in [7, 11) is 1.28. The average Bonchev–Trinajstić information content (AvgIpc) is 2.25. The summed E-state index contributed by atoms with van der Waals surface area (Å²) in [5.74, 6) is -0.768. The number of urea groups is 1. The van der Waals surface area contributed by atoms with E-state index < -0.39 is 30.0 Å².